The van der Waals surface area contributed by atoms with Crippen molar-refractivity contribution < 1.29 is 9.59 Å². The second-order valence-corrected chi connectivity index (χ2v) is 9.11. The molecule has 5 nitrogen and oxygen atoms in total. The lowest BCUT2D eigenvalue weighted by Crippen LogP contribution is -2.53. The predicted octanol–water partition coefficient (Wildman–Crippen LogP) is 2.95. The molecule has 2 amide bonds. The number of nitrogens with zero attached hydrogens (tertiary/aromatic N) is 1. The van der Waals surface area contributed by atoms with Crippen molar-refractivity contribution in [3.63, 3.8) is 0 Å². The Morgan fingerprint density at radius 1 is 1.07 bits per heavy atom. The van der Waals surface area contributed by atoms with Crippen molar-refractivity contribution in [3.05, 3.63) is 35.4 Å². The highest BCUT2D eigenvalue weighted by molar-refractivity contribution is 5.97. The van der Waals surface area contributed by atoms with Crippen molar-refractivity contribution in [3.8, 4) is 0 Å². The molecule has 27 heavy (non-hydrogen) atoms. The van der Waals surface area contributed by atoms with E-state index in [1.807, 2.05) is 38.1 Å². The maximum Gasteiger partial charge on any atom is 0.251 e. The Labute approximate surface area is 163 Å². The molecular weight excluding hydrogens is 338 g/mol. The predicted molar refractivity (Wildman–Crippen MR) is 110 cm³/mol. The lowest BCUT2D eigenvalue weighted by Gasteiger charge is -2.31. The molecule has 0 aromatic heterocycles. The fraction of sp³-hybridized carbons (Fsp3) is 0.636. The van der Waals surface area contributed by atoms with Gasteiger partial charge in [0, 0.05) is 11.6 Å². The highest BCUT2D eigenvalue weighted by Gasteiger charge is 2.27. The van der Waals surface area contributed by atoms with E-state index in [0.717, 1.165) is 25.9 Å². The molecule has 5 heteroatoms. The van der Waals surface area contributed by atoms with Crippen LogP contribution in [0.1, 0.15) is 63.4 Å². The van der Waals surface area contributed by atoms with E-state index in [2.05, 4.69) is 43.4 Å². The van der Waals surface area contributed by atoms with Gasteiger partial charge in [-0.15, -0.1) is 0 Å². The summed E-state index contributed by atoms with van der Waals surface area (Å²) in [6, 6.07) is 7.30. The van der Waals surface area contributed by atoms with Crippen molar-refractivity contribution in [2.75, 3.05) is 20.1 Å². The molecule has 1 aliphatic heterocycles. The SMILES string of the molecule is CC(C)C(NC(=O)c1ccc(C(C)(C)C)cc1)C(=O)NC1CCN(C)CC1. The lowest BCUT2D eigenvalue weighted by atomic mass is 9.86. The van der Waals surface area contributed by atoms with Gasteiger partial charge in [0.1, 0.15) is 6.04 Å². The van der Waals surface area contributed by atoms with Crippen LogP contribution in [-0.4, -0.2) is 48.9 Å². The third kappa shape index (κ3) is 6.06. The minimum Gasteiger partial charge on any atom is -0.351 e. The number of carbonyl (C=O) groups excluding carboxylic acids is 2. The third-order valence-electron chi connectivity index (χ3n) is 5.31. The zero-order valence-corrected chi connectivity index (χ0v) is 17.6. The fourth-order valence-electron chi connectivity index (χ4n) is 3.33. The molecule has 1 aromatic rings. The van der Waals surface area contributed by atoms with Gasteiger partial charge in [0.15, 0.2) is 0 Å². The van der Waals surface area contributed by atoms with Crippen molar-refractivity contribution in [2.24, 2.45) is 5.92 Å². The van der Waals surface area contributed by atoms with Crippen molar-refractivity contribution in [1.29, 1.82) is 0 Å². The average Bonchev–Trinajstić information content (AvgIpc) is 2.60. The Balaban J connectivity index is 2.00. The van der Waals surface area contributed by atoms with Gasteiger partial charge < -0.3 is 15.5 Å². The smallest absolute Gasteiger partial charge is 0.251 e. The first-order valence-electron chi connectivity index (χ1n) is 9.98. The van der Waals surface area contributed by atoms with Crippen LogP contribution in [0.4, 0.5) is 0 Å². The van der Waals surface area contributed by atoms with E-state index in [0.29, 0.717) is 5.56 Å². The van der Waals surface area contributed by atoms with Crippen LogP contribution < -0.4 is 10.6 Å². The maximum absolute atomic E-state index is 12.7. The Morgan fingerprint density at radius 2 is 1.63 bits per heavy atom. The second-order valence-electron chi connectivity index (χ2n) is 9.11. The van der Waals surface area contributed by atoms with Crippen molar-refractivity contribution >= 4 is 11.8 Å². The number of hydrogen-bond acceptors (Lipinski definition) is 3. The molecule has 1 heterocycles. The number of rotatable bonds is 5. The molecule has 0 bridgehead atoms. The summed E-state index contributed by atoms with van der Waals surface area (Å²) in [5.74, 6) is -0.263. The molecule has 1 aromatic carbocycles. The summed E-state index contributed by atoms with van der Waals surface area (Å²) < 4.78 is 0. The highest BCUT2D eigenvalue weighted by Crippen LogP contribution is 2.22. The summed E-state index contributed by atoms with van der Waals surface area (Å²) in [4.78, 5) is 27.7. The number of likely N-dealkylation sites (tertiary alicyclic amines) is 1. The summed E-state index contributed by atoms with van der Waals surface area (Å²) >= 11 is 0. The van der Waals surface area contributed by atoms with E-state index >= 15 is 0 Å². The number of carbonyl (C=O) groups is 2. The first-order valence-corrected chi connectivity index (χ1v) is 9.98. The van der Waals surface area contributed by atoms with Crippen LogP contribution in [0.15, 0.2) is 24.3 Å². The van der Waals surface area contributed by atoms with Gasteiger partial charge in [-0.3, -0.25) is 9.59 Å². The molecule has 1 fully saturated rings. The van der Waals surface area contributed by atoms with E-state index in [-0.39, 0.29) is 29.2 Å². The Bertz CT molecular complexity index is 639. The zero-order valence-electron chi connectivity index (χ0n) is 17.6. The number of piperidine rings is 1. The van der Waals surface area contributed by atoms with Gasteiger partial charge in [-0.1, -0.05) is 46.8 Å². The first kappa shape index (κ1) is 21.4. The number of amides is 2. The Kier molecular flexibility index (Phi) is 7.04. The van der Waals surface area contributed by atoms with Gasteiger partial charge >= 0.3 is 0 Å². The van der Waals surface area contributed by atoms with Gasteiger partial charge in [0.25, 0.3) is 5.91 Å². The summed E-state index contributed by atoms with van der Waals surface area (Å²) in [5.41, 5.74) is 1.81. The summed E-state index contributed by atoms with van der Waals surface area (Å²) in [6.45, 7) is 12.3. The summed E-state index contributed by atoms with van der Waals surface area (Å²) in [7, 11) is 2.10. The first-order chi connectivity index (χ1) is 12.6. The molecular formula is C22H35N3O2. The molecule has 2 rings (SSSR count). The van der Waals surface area contributed by atoms with Crippen LogP contribution in [0.2, 0.25) is 0 Å². The van der Waals surface area contributed by atoms with Crippen LogP contribution in [0.25, 0.3) is 0 Å². The molecule has 0 saturated carbocycles. The molecule has 1 saturated heterocycles. The largest absolute Gasteiger partial charge is 0.351 e. The second kappa shape index (κ2) is 8.87. The topological polar surface area (TPSA) is 61.4 Å². The van der Waals surface area contributed by atoms with E-state index in [4.69, 9.17) is 0 Å². The number of benzene rings is 1. The standard InChI is InChI=1S/C22H35N3O2/c1-15(2)19(21(27)23-18-11-13-25(6)14-12-18)24-20(26)16-7-9-17(10-8-16)22(3,4)5/h7-10,15,18-19H,11-14H2,1-6H3,(H,23,27)(H,24,26). The van der Waals surface area contributed by atoms with Gasteiger partial charge in [-0.25, -0.2) is 0 Å². The maximum atomic E-state index is 12.7. The lowest BCUT2D eigenvalue weighted by molar-refractivity contribution is -0.125. The molecule has 2 N–H and O–H groups in total. The third-order valence-corrected chi connectivity index (χ3v) is 5.31. The molecule has 1 aliphatic rings. The van der Waals surface area contributed by atoms with Gasteiger partial charge in [0.2, 0.25) is 5.91 Å². The minimum atomic E-state index is -0.528. The quantitative estimate of drug-likeness (QED) is 0.834. The Morgan fingerprint density at radius 3 is 2.11 bits per heavy atom. The molecule has 0 spiro atoms. The molecule has 1 unspecified atom stereocenters. The van der Waals surface area contributed by atoms with Gasteiger partial charge in [-0.05, 0) is 62.0 Å². The van der Waals surface area contributed by atoms with Gasteiger partial charge in [0.05, 0.1) is 0 Å². The van der Waals surface area contributed by atoms with E-state index in [1.54, 1.807) is 0 Å². The van der Waals surface area contributed by atoms with Crippen molar-refractivity contribution in [2.45, 2.75) is 65.0 Å². The van der Waals surface area contributed by atoms with Crippen LogP contribution in [-0.2, 0) is 10.2 Å². The molecule has 0 radical (unpaired) electrons. The van der Waals surface area contributed by atoms with E-state index in [9.17, 15) is 9.59 Å². The highest BCUT2D eigenvalue weighted by atomic mass is 16.2. The molecule has 0 aliphatic carbocycles. The number of hydrogen-bond donors (Lipinski definition) is 2. The van der Waals surface area contributed by atoms with Gasteiger partial charge in [-0.2, -0.15) is 0 Å². The van der Waals surface area contributed by atoms with Crippen LogP contribution in [0, 0.1) is 5.92 Å². The van der Waals surface area contributed by atoms with Crippen molar-refractivity contribution in [1.82, 2.24) is 15.5 Å². The summed E-state index contributed by atoms with van der Waals surface area (Å²) in [5, 5.41) is 6.05. The zero-order chi connectivity index (χ0) is 20.2. The monoisotopic (exact) mass is 373 g/mol. The van der Waals surface area contributed by atoms with Crippen LogP contribution in [0.5, 0.6) is 0 Å². The minimum absolute atomic E-state index is 0.0223. The van der Waals surface area contributed by atoms with Crippen LogP contribution >= 0.6 is 0 Å². The fourth-order valence-corrected chi connectivity index (χ4v) is 3.33. The Hall–Kier alpha value is -1.88. The molecule has 1 atom stereocenters. The number of nitrogens with one attached hydrogen (secondary N) is 2. The van der Waals surface area contributed by atoms with E-state index < -0.39 is 6.04 Å². The summed E-state index contributed by atoms with van der Waals surface area (Å²) in [6.07, 6.45) is 1.91. The molecule has 150 valence electrons. The average molecular weight is 374 g/mol. The van der Waals surface area contributed by atoms with Crippen LogP contribution in [0.3, 0.4) is 0 Å². The normalized spacial score (nSPS) is 17.6. The van der Waals surface area contributed by atoms with E-state index in [1.165, 1.54) is 5.56 Å².